The highest BCUT2D eigenvalue weighted by molar-refractivity contribution is 7.96. The van der Waals surface area contributed by atoms with E-state index in [9.17, 15) is 35.9 Å². The largest absolute Gasteiger partial charge is 0.403 e. The van der Waals surface area contributed by atoms with Gasteiger partial charge in [-0.25, -0.2) is 0 Å². The number of rotatable bonds is 4. The Kier molecular flexibility index (Phi) is 5.49. The average Bonchev–Trinajstić information content (AvgIpc) is 2.23. The molecule has 0 aromatic heterocycles. The second-order valence-corrected chi connectivity index (χ2v) is 4.72. The smallest absolute Gasteiger partial charge is 0.326 e. The second-order valence-electron chi connectivity index (χ2n) is 4.28. The lowest BCUT2D eigenvalue weighted by molar-refractivity contribution is -0.158. The van der Waals surface area contributed by atoms with E-state index in [0.29, 0.717) is 0 Å². The Morgan fingerprint density at radius 2 is 1.73 bits per heavy atom. The summed E-state index contributed by atoms with van der Waals surface area (Å²) in [5, 5.41) is 0.355. The summed E-state index contributed by atoms with van der Waals surface area (Å²) in [5.41, 5.74) is -0.812. The quantitative estimate of drug-likeness (QED) is 0.646. The third-order valence-electron chi connectivity index (χ3n) is 2.44. The van der Waals surface area contributed by atoms with Gasteiger partial charge >= 0.3 is 12.4 Å². The number of hydrogen-bond donors (Lipinski definition) is 2. The number of halogens is 6. The lowest BCUT2D eigenvalue weighted by atomic mass is 9.99. The summed E-state index contributed by atoms with van der Waals surface area (Å²) in [6.07, 6.45) is -11.4. The van der Waals surface area contributed by atoms with Crippen LogP contribution in [0.3, 0.4) is 0 Å². The average molecular weight is 345 g/mol. The molecule has 1 unspecified atom stereocenters. The molecule has 1 atom stereocenters. The van der Waals surface area contributed by atoms with Crippen molar-refractivity contribution in [2.75, 3.05) is 5.32 Å². The molecule has 1 N–H and O–H groups in total. The van der Waals surface area contributed by atoms with Crippen LogP contribution in [0.5, 0.6) is 0 Å². The Balaban J connectivity index is 2.99. The third-order valence-corrected chi connectivity index (χ3v) is 2.70. The maximum Gasteiger partial charge on any atom is 0.403 e. The van der Waals surface area contributed by atoms with Gasteiger partial charge in [-0.1, -0.05) is 12.1 Å². The van der Waals surface area contributed by atoms with Crippen LogP contribution in [0.15, 0.2) is 24.3 Å². The number of hydrogen-bond acceptors (Lipinski definition) is 2. The summed E-state index contributed by atoms with van der Waals surface area (Å²) in [6, 6.07) is 3.93. The molecule has 1 rings (SSSR count). The molecule has 0 bridgehead atoms. The molecule has 0 radical (unpaired) electrons. The molecule has 0 fully saturated rings. The van der Waals surface area contributed by atoms with Gasteiger partial charge in [-0.05, 0) is 17.7 Å². The third kappa shape index (κ3) is 5.58. The molecule has 0 heterocycles. The number of amides is 1. The molecule has 0 spiro atoms. The molecule has 1 aromatic rings. The highest BCUT2D eigenvalue weighted by Crippen LogP contribution is 2.37. The van der Waals surface area contributed by atoms with E-state index in [1.807, 2.05) is 5.32 Å². The summed E-state index contributed by atoms with van der Waals surface area (Å²) in [4.78, 5) is 22.1. The fraction of sp³-hybridized carbons (Fsp3) is 0.333. The fourth-order valence-corrected chi connectivity index (χ4v) is 1.95. The van der Waals surface area contributed by atoms with E-state index in [0.717, 1.165) is 24.3 Å². The van der Waals surface area contributed by atoms with Gasteiger partial charge in [-0.15, -0.1) is 12.6 Å². The van der Waals surface area contributed by atoms with Crippen LogP contribution >= 0.6 is 12.6 Å². The number of thiol groups is 1. The Morgan fingerprint density at radius 1 is 1.14 bits per heavy atom. The van der Waals surface area contributed by atoms with Crippen LogP contribution in [0.2, 0.25) is 0 Å². The van der Waals surface area contributed by atoms with Gasteiger partial charge in [0.05, 0.1) is 0 Å². The Labute approximate surface area is 126 Å². The highest BCUT2D eigenvalue weighted by Gasteiger charge is 2.44. The van der Waals surface area contributed by atoms with Gasteiger partial charge in [0.15, 0.2) is 0 Å². The SMILES string of the molecule is O=C(CC(F)(F)F)Nc1cccc(C(C(=O)S)C(F)(F)F)c1. The maximum atomic E-state index is 12.8. The summed E-state index contributed by atoms with van der Waals surface area (Å²) in [7, 11) is 0. The fourth-order valence-electron chi connectivity index (χ4n) is 1.65. The number of benzene rings is 1. The minimum absolute atomic E-state index is 0.282. The number of carbonyl (C=O) groups is 2. The van der Waals surface area contributed by atoms with Gasteiger partial charge in [0.1, 0.15) is 12.3 Å². The molecule has 0 saturated carbocycles. The van der Waals surface area contributed by atoms with Gasteiger partial charge in [0, 0.05) is 5.69 Å². The zero-order chi connectivity index (χ0) is 17.1. The summed E-state index contributed by atoms with van der Waals surface area (Å²) in [5.74, 6) is -3.96. The first-order chi connectivity index (χ1) is 9.90. The van der Waals surface area contributed by atoms with Crippen LogP contribution in [0, 0.1) is 0 Å². The number of alkyl halides is 6. The Bertz CT molecular complexity index is 569. The Hall–Kier alpha value is -1.71. The molecule has 1 amide bonds. The second kappa shape index (κ2) is 6.59. The van der Waals surface area contributed by atoms with Crippen LogP contribution in [-0.2, 0) is 9.59 Å². The van der Waals surface area contributed by atoms with Crippen molar-refractivity contribution in [3.63, 3.8) is 0 Å². The van der Waals surface area contributed by atoms with Gasteiger partial charge in [-0.3, -0.25) is 9.59 Å². The molecule has 0 aliphatic carbocycles. The molecule has 10 heteroatoms. The first kappa shape index (κ1) is 18.3. The summed E-state index contributed by atoms with van der Waals surface area (Å²) in [6.45, 7) is 0. The zero-order valence-electron chi connectivity index (χ0n) is 10.6. The molecule has 3 nitrogen and oxygen atoms in total. The van der Waals surface area contributed by atoms with Gasteiger partial charge in [0.25, 0.3) is 0 Å². The highest BCUT2D eigenvalue weighted by atomic mass is 32.1. The summed E-state index contributed by atoms with van der Waals surface area (Å²) >= 11 is 3.16. The van der Waals surface area contributed by atoms with Crippen molar-refractivity contribution in [2.24, 2.45) is 0 Å². The van der Waals surface area contributed by atoms with Crippen molar-refractivity contribution in [1.82, 2.24) is 0 Å². The van der Waals surface area contributed by atoms with Crippen molar-refractivity contribution < 1.29 is 35.9 Å². The minimum atomic E-state index is -4.91. The van der Waals surface area contributed by atoms with E-state index in [2.05, 4.69) is 12.6 Å². The van der Waals surface area contributed by atoms with E-state index in [1.165, 1.54) is 0 Å². The van der Waals surface area contributed by atoms with Crippen molar-refractivity contribution in [2.45, 2.75) is 24.7 Å². The van der Waals surface area contributed by atoms with E-state index in [-0.39, 0.29) is 5.69 Å². The predicted octanol–water partition coefficient (Wildman–Crippen LogP) is 3.68. The first-order valence-corrected chi connectivity index (χ1v) is 6.11. The number of anilines is 1. The maximum absolute atomic E-state index is 12.8. The molecule has 122 valence electrons. The molecule has 0 aliphatic heterocycles. The van der Waals surface area contributed by atoms with Crippen molar-refractivity contribution in [3.8, 4) is 0 Å². The molecule has 0 saturated heterocycles. The van der Waals surface area contributed by atoms with Gasteiger partial charge in [0.2, 0.25) is 11.0 Å². The zero-order valence-corrected chi connectivity index (χ0v) is 11.5. The minimum Gasteiger partial charge on any atom is -0.326 e. The van der Waals surface area contributed by atoms with Gasteiger partial charge < -0.3 is 5.32 Å². The van der Waals surface area contributed by atoms with Gasteiger partial charge in [-0.2, -0.15) is 26.3 Å². The molecule has 1 aromatic carbocycles. The lowest BCUT2D eigenvalue weighted by Gasteiger charge is -2.18. The summed E-state index contributed by atoms with van der Waals surface area (Å²) < 4.78 is 74.3. The van der Waals surface area contributed by atoms with Crippen molar-refractivity contribution in [3.05, 3.63) is 29.8 Å². The number of carbonyl (C=O) groups excluding carboxylic acids is 2. The van der Waals surface area contributed by atoms with Crippen LogP contribution in [0.1, 0.15) is 17.9 Å². The van der Waals surface area contributed by atoms with E-state index in [4.69, 9.17) is 0 Å². The van der Waals surface area contributed by atoms with E-state index < -0.39 is 41.3 Å². The van der Waals surface area contributed by atoms with Crippen LogP contribution in [0.4, 0.5) is 32.0 Å². The monoisotopic (exact) mass is 345 g/mol. The van der Waals surface area contributed by atoms with Crippen molar-refractivity contribution in [1.29, 1.82) is 0 Å². The van der Waals surface area contributed by atoms with Crippen LogP contribution in [0.25, 0.3) is 0 Å². The van der Waals surface area contributed by atoms with E-state index >= 15 is 0 Å². The van der Waals surface area contributed by atoms with Crippen LogP contribution in [-0.4, -0.2) is 23.4 Å². The Morgan fingerprint density at radius 3 is 2.18 bits per heavy atom. The molecule has 0 aliphatic rings. The van der Waals surface area contributed by atoms with Crippen LogP contribution < -0.4 is 5.32 Å². The van der Waals surface area contributed by atoms with E-state index in [1.54, 1.807) is 0 Å². The molecular formula is C12H9F6NO2S. The normalized spacial score (nSPS) is 13.6. The first-order valence-electron chi connectivity index (χ1n) is 5.66. The lowest BCUT2D eigenvalue weighted by Crippen LogP contribution is -2.26. The standard InChI is InChI=1S/C12H9F6NO2S/c13-11(14,15)5-8(20)19-7-3-1-2-6(4-7)9(10(21)22)12(16,17)18/h1-4,9H,5H2,(H,19,20)(H,21,22). The number of nitrogens with one attached hydrogen (secondary N) is 1. The predicted molar refractivity (Wildman–Crippen MR) is 68.5 cm³/mol. The topological polar surface area (TPSA) is 46.2 Å². The molecule has 22 heavy (non-hydrogen) atoms. The van der Waals surface area contributed by atoms with Crippen molar-refractivity contribution >= 4 is 29.3 Å². The molecular weight excluding hydrogens is 336 g/mol.